The molecule has 0 unspecified atom stereocenters. The van der Waals surface area contributed by atoms with Crippen LogP contribution >= 0.6 is 0 Å². The minimum Gasteiger partial charge on any atom is -0.497 e. The van der Waals surface area contributed by atoms with Gasteiger partial charge in [-0.1, -0.05) is 43.5 Å². The minimum atomic E-state index is -0.550. The van der Waals surface area contributed by atoms with Gasteiger partial charge in [0.15, 0.2) is 5.69 Å². The SMILES string of the molecule is COc1cccc(CC(=O)Nc2c(NC3CCCCC3)c3ccccc3oc2=O)c1. The van der Waals surface area contributed by atoms with Crippen LogP contribution in [0.15, 0.2) is 57.7 Å². The third-order valence-corrected chi connectivity index (χ3v) is 5.53. The highest BCUT2D eigenvalue weighted by Gasteiger charge is 2.21. The summed E-state index contributed by atoms with van der Waals surface area (Å²) in [7, 11) is 1.59. The first-order valence-electron chi connectivity index (χ1n) is 10.4. The van der Waals surface area contributed by atoms with Crippen LogP contribution < -0.4 is 21.0 Å². The third kappa shape index (κ3) is 4.48. The Balaban J connectivity index is 1.64. The van der Waals surface area contributed by atoms with E-state index in [9.17, 15) is 9.59 Å². The molecule has 1 aromatic heterocycles. The quantitative estimate of drug-likeness (QED) is 0.579. The van der Waals surface area contributed by atoms with Crippen molar-refractivity contribution >= 4 is 28.3 Å². The van der Waals surface area contributed by atoms with E-state index in [1.807, 2.05) is 42.5 Å². The molecule has 0 spiro atoms. The molecule has 0 saturated heterocycles. The molecule has 0 aliphatic heterocycles. The second kappa shape index (κ2) is 9.03. The zero-order valence-corrected chi connectivity index (χ0v) is 17.1. The van der Waals surface area contributed by atoms with Crippen molar-refractivity contribution in [2.45, 2.75) is 44.6 Å². The number of hydrogen-bond donors (Lipinski definition) is 2. The molecule has 1 saturated carbocycles. The maximum Gasteiger partial charge on any atom is 0.362 e. The number of rotatable bonds is 6. The summed E-state index contributed by atoms with van der Waals surface area (Å²) in [5, 5.41) is 7.12. The Morgan fingerprint density at radius 2 is 1.87 bits per heavy atom. The summed E-state index contributed by atoms with van der Waals surface area (Å²) in [6.07, 6.45) is 5.78. The molecule has 0 bridgehead atoms. The van der Waals surface area contributed by atoms with Gasteiger partial charge in [-0.25, -0.2) is 4.79 Å². The van der Waals surface area contributed by atoms with Gasteiger partial charge in [0.2, 0.25) is 5.91 Å². The van der Waals surface area contributed by atoms with Crippen LogP contribution in [0.2, 0.25) is 0 Å². The molecule has 2 aromatic carbocycles. The Bertz CT molecular complexity index is 1100. The normalized spacial score (nSPS) is 14.4. The first-order chi connectivity index (χ1) is 14.6. The maximum absolute atomic E-state index is 12.8. The number of hydrogen-bond acceptors (Lipinski definition) is 5. The van der Waals surface area contributed by atoms with E-state index in [0.29, 0.717) is 17.0 Å². The predicted molar refractivity (Wildman–Crippen MR) is 118 cm³/mol. The highest BCUT2D eigenvalue weighted by Crippen LogP contribution is 2.32. The average molecular weight is 406 g/mol. The molecule has 1 aliphatic rings. The fraction of sp³-hybridized carbons (Fsp3) is 0.333. The number of carbonyl (C=O) groups is 1. The van der Waals surface area contributed by atoms with Crippen LogP contribution in [0.1, 0.15) is 37.7 Å². The summed E-state index contributed by atoms with van der Waals surface area (Å²) >= 11 is 0. The highest BCUT2D eigenvalue weighted by molar-refractivity contribution is 6.02. The topological polar surface area (TPSA) is 80.6 Å². The van der Waals surface area contributed by atoms with Crippen molar-refractivity contribution in [3.63, 3.8) is 0 Å². The van der Waals surface area contributed by atoms with E-state index in [0.717, 1.165) is 36.6 Å². The third-order valence-electron chi connectivity index (χ3n) is 5.53. The van der Waals surface area contributed by atoms with Crippen molar-refractivity contribution < 1.29 is 13.9 Å². The Hall–Kier alpha value is -3.28. The van der Waals surface area contributed by atoms with Crippen LogP contribution in [-0.2, 0) is 11.2 Å². The Morgan fingerprint density at radius 1 is 1.07 bits per heavy atom. The van der Waals surface area contributed by atoms with Crippen molar-refractivity contribution in [3.05, 3.63) is 64.5 Å². The van der Waals surface area contributed by atoms with Crippen LogP contribution in [0.3, 0.4) is 0 Å². The highest BCUT2D eigenvalue weighted by atomic mass is 16.5. The number of carbonyl (C=O) groups excluding carboxylic acids is 1. The number of nitrogens with one attached hydrogen (secondary N) is 2. The van der Waals surface area contributed by atoms with E-state index in [4.69, 9.17) is 9.15 Å². The summed E-state index contributed by atoms with van der Waals surface area (Å²) in [4.78, 5) is 25.5. The van der Waals surface area contributed by atoms with Gasteiger partial charge in [-0.2, -0.15) is 0 Å². The van der Waals surface area contributed by atoms with Gasteiger partial charge in [-0.05, 0) is 42.7 Å². The fourth-order valence-electron chi connectivity index (χ4n) is 4.02. The second-order valence-corrected chi connectivity index (χ2v) is 7.69. The van der Waals surface area contributed by atoms with E-state index < -0.39 is 5.63 Å². The lowest BCUT2D eigenvalue weighted by molar-refractivity contribution is -0.115. The fourth-order valence-corrected chi connectivity index (χ4v) is 4.02. The molecular formula is C24H26N2O4. The molecule has 30 heavy (non-hydrogen) atoms. The second-order valence-electron chi connectivity index (χ2n) is 7.69. The average Bonchev–Trinajstić information content (AvgIpc) is 2.77. The van der Waals surface area contributed by atoms with Crippen molar-refractivity contribution in [1.29, 1.82) is 0 Å². The molecule has 1 aliphatic carbocycles. The lowest BCUT2D eigenvalue weighted by Crippen LogP contribution is -2.26. The van der Waals surface area contributed by atoms with Crippen LogP contribution in [0.25, 0.3) is 11.0 Å². The molecule has 2 N–H and O–H groups in total. The molecule has 0 atom stereocenters. The molecule has 1 amide bonds. The first kappa shape index (κ1) is 20.0. The zero-order chi connectivity index (χ0) is 20.9. The van der Waals surface area contributed by atoms with Crippen molar-refractivity contribution in [3.8, 4) is 5.75 Å². The summed E-state index contributed by atoms with van der Waals surface area (Å²) in [5.74, 6) is 0.405. The summed E-state index contributed by atoms with van der Waals surface area (Å²) in [6, 6.07) is 15.0. The number of anilines is 2. The molecule has 3 aromatic rings. The van der Waals surface area contributed by atoms with Crippen LogP contribution in [0, 0.1) is 0 Å². The molecule has 6 heteroatoms. The van der Waals surface area contributed by atoms with Gasteiger partial charge >= 0.3 is 5.63 Å². The van der Waals surface area contributed by atoms with E-state index in [2.05, 4.69) is 10.6 Å². The zero-order valence-electron chi connectivity index (χ0n) is 17.1. The van der Waals surface area contributed by atoms with Crippen molar-refractivity contribution in [2.75, 3.05) is 17.7 Å². The van der Waals surface area contributed by atoms with Gasteiger partial charge in [-0.15, -0.1) is 0 Å². The Kier molecular flexibility index (Phi) is 6.02. The van der Waals surface area contributed by atoms with Crippen molar-refractivity contribution in [2.24, 2.45) is 0 Å². The molecular weight excluding hydrogens is 380 g/mol. The maximum atomic E-state index is 12.8. The lowest BCUT2D eigenvalue weighted by atomic mass is 9.95. The van der Waals surface area contributed by atoms with Gasteiger partial charge in [0.25, 0.3) is 0 Å². The van der Waals surface area contributed by atoms with Gasteiger partial charge in [0.05, 0.1) is 19.2 Å². The molecule has 0 radical (unpaired) electrons. The number of fused-ring (bicyclic) bond motifs is 1. The molecule has 4 rings (SSSR count). The van der Waals surface area contributed by atoms with Gasteiger partial charge in [0, 0.05) is 11.4 Å². The monoisotopic (exact) mass is 406 g/mol. The van der Waals surface area contributed by atoms with E-state index in [1.165, 1.54) is 6.42 Å². The minimum absolute atomic E-state index is 0.131. The number of benzene rings is 2. The van der Waals surface area contributed by atoms with E-state index in [1.54, 1.807) is 13.2 Å². The first-order valence-corrected chi connectivity index (χ1v) is 10.4. The number of methoxy groups -OCH3 is 1. The number of ether oxygens (including phenoxy) is 1. The molecule has 1 heterocycles. The largest absolute Gasteiger partial charge is 0.497 e. The predicted octanol–water partition coefficient (Wildman–Crippen LogP) is 4.73. The molecule has 156 valence electrons. The van der Waals surface area contributed by atoms with Gasteiger partial charge in [-0.3, -0.25) is 4.79 Å². The van der Waals surface area contributed by atoms with Crippen molar-refractivity contribution in [1.82, 2.24) is 0 Å². The molecule has 1 fully saturated rings. The Labute approximate surface area is 175 Å². The van der Waals surface area contributed by atoms with E-state index in [-0.39, 0.29) is 24.1 Å². The summed E-state index contributed by atoms with van der Waals surface area (Å²) < 4.78 is 10.7. The standard InChI is InChI=1S/C24H26N2O4/c1-29-18-11-7-8-16(14-18)15-21(27)26-23-22(25-17-9-3-2-4-10-17)19-12-5-6-13-20(19)30-24(23)28/h5-8,11-14,17,25H,2-4,9-10,15H2,1H3,(H,26,27). The van der Waals surface area contributed by atoms with Gasteiger partial charge in [0.1, 0.15) is 11.3 Å². The van der Waals surface area contributed by atoms with E-state index >= 15 is 0 Å². The Morgan fingerprint density at radius 3 is 2.67 bits per heavy atom. The molecule has 6 nitrogen and oxygen atoms in total. The summed E-state index contributed by atoms with van der Waals surface area (Å²) in [6.45, 7) is 0. The van der Waals surface area contributed by atoms with Crippen LogP contribution in [0.5, 0.6) is 5.75 Å². The summed E-state index contributed by atoms with van der Waals surface area (Å²) in [5.41, 5.74) is 1.58. The van der Waals surface area contributed by atoms with Crippen LogP contribution in [0.4, 0.5) is 11.4 Å². The lowest BCUT2D eigenvalue weighted by Gasteiger charge is -2.25. The van der Waals surface area contributed by atoms with Crippen LogP contribution in [-0.4, -0.2) is 19.1 Å². The van der Waals surface area contributed by atoms with Gasteiger partial charge < -0.3 is 19.8 Å². The number of para-hydroxylation sites is 1. The smallest absolute Gasteiger partial charge is 0.362 e. The number of amides is 1.